The van der Waals surface area contributed by atoms with E-state index in [4.69, 9.17) is 5.11 Å². The number of hydrogen-bond acceptors (Lipinski definition) is 4. The van der Waals surface area contributed by atoms with Gasteiger partial charge in [0.1, 0.15) is 0 Å². The summed E-state index contributed by atoms with van der Waals surface area (Å²) in [4.78, 5) is 16.0. The standard InChI is InChI=1S/C12H21N3O2S/c1-4-5-10-7-18-12(14-10)15-11(17)13-9(3)8(2)6-16/h7-9,16H,4-6H2,1-3H3,(H2,13,14,15,17). The SMILES string of the molecule is CCCc1csc(NC(=O)NC(C)C(C)CO)n1. The highest BCUT2D eigenvalue weighted by atomic mass is 32.1. The molecule has 1 aromatic heterocycles. The number of aryl methyl sites for hydroxylation is 1. The largest absolute Gasteiger partial charge is 0.396 e. The van der Waals surface area contributed by atoms with Crippen LogP contribution in [0.3, 0.4) is 0 Å². The van der Waals surface area contributed by atoms with E-state index in [1.165, 1.54) is 11.3 Å². The first kappa shape index (κ1) is 14.9. The maximum absolute atomic E-state index is 11.7. The van der Waals surface area contributed by atoms with Crippen molar-refractivity contribution in [2.75, 3.05) is 11.9 Å². The van der Waals surface area contributed by atoms with E-state index < -0.39 is 0 Å². The van der Waals surface area contributed by atoms with Gasteiger partial charge >= 0.3 is 6.03 Å². The lowest BCUT2D eigenvalue weighted by atomic mass is 10.1. The van der Waals surface area contributed by atoms with Gasteiger partial charge in [-0.1, -0.05) is 20.3 Å². The molecule has 0 aliphatic carbocycles. The molecule has 0 radical (unpaired) electrons. The topological polar surface area (TPSA) is 74.2 Å². The van der Waals surface area contributed by atoms with Gasteiger partial charge in [0, 0.05) is 18.0 Å². The van der Waals surface area contributed by atoms with Crippen LogP contribution < -0.4 is 10.6 Å². The Hall–Kier alpha value is -1.14. The number of carbonyl (C=O) groups excluding carboxylic acids is 1. The van der Waals surface area contributed by atoms with Crippen molar-refractivity contribution < 1.29 is 9.90 Å². The summed E-state index contributed by atoms with van der Waals surface area (Å²) in [6.45, 7) is 5.90. The Balaban J connectivity index is 2.43. The zero-order valence-corrected chi connectivity index (χ0v) is 11.9. The normalized spacial score (nSPS) is 14.0. The van der Waals surface area contributed by atoms with E-state index >= 15 is 0 Å². The number of hydrogen-bond donors (Lipinski definition) is 3. The zero-order valence-electron chi connectivity index (χ0n) is 11.1. The van der Waals surface area contributed by atoms with Gasteiger partial charge in [-0.15, -0.1) is 11.3 Å². The van der Waals surface area contributed by atoms with Crippen LogP contribution in [-0.4, -0.2) is 28.8 Å². The van der Waals surface area contributed by atoms with Gasteiger partial charge in [0.25, 0.3) is 0 Å². The highest BCUT2D eigenvalue weighted by molar-refractivity contribution is 7.13. The molecule has 2 unspecified atom stereocenters. The third-order valence-electron chi connectivity index (χ3n) is 2.78. The number of amides is 2. The minimum absolute atomic E-state index is 0.0303. The fourth-order valence-electron chi connectivity index (χ4n) is 1.38. The van der Waals surface area contributed by atoms with E-state index in [-0.39, 0.29) is 24.6 Å². The fourth-order valence-corrected chi connectivity index (χ4v) is 2.12. The summed E-state index contributed by atoms with van der Waals surface area (Å²) in [7, 11) is 0. The van der Waals surface area contributed by atoms with E-state index in [9.17, 15) is 4.79 Å². The van der Waals surface area contributed by atoms with Crippen molar-refractivity contribution in [3.8, 4) is 0 Å². The molecule has 0 spiro atoms. The summed E-state index contributed by atoms with van der Waals surface area (Å²) in [6, 6.07) is -0.356. The molecule has 0 aromatic carbocycles. The average molecular weight is 271 g/mol. The quantitative estimate of drug-likeness (QED) is 0.743. The number of rotatable bonds is 6. The highest BCUT2D eigenvalue weighted by Gasteiger charge is 2.14. The number of nitrogens with zero attached hydrogens (tertiary/aromatic N) is 1. The molecular formula is C12H21N3O2S. The molecule has 1 aromatic rings. The molecule has 1 heterocycles. The Morgan fingerprint density at radius 1 is 1.56 bits per heavy atom. The molecule has 0 aliphatic rings. The molecule has 102 valence electrons. The van der Waals surface area contributed by atoms with Crippen molar-refractivity contribution in [1.82, 2.24) is 10.3 Å². The van der Waals surface area contributed by atoms with Crippen LogP contribution in [0.25, 0.3) is 0 Å². The molecular weight excluding hydrogens is 250 g/mol. The summed E-state index contributed by atoms with van der Waals surface area (Å²) >= 11 is 1.43. The van der Waals surface area contributed by atoms with Gasteiger partial charge in [0.05, 0.1) is 5.69 Å². The molecule has 18 heavy (non-hydrogen) atoms. The summed E-state index contributed by atoms with van der Waals surface area (Å²) in [6.07, 6.45) is 1.97. The summed E-state index contributed by atoms with van der Waals surface area (Å²) in [5.74, 6) is 0.0303. The molecule has 5 nitrogen and oxygen atoms in total. The Kier molecular flexibility index (Phi) is 6.07. The number of thiazole rings is 1. The number of nitrogens with one attached hydrogen (secondary N) is 2. The maximum atomic E-state index is 11.7. The van der Waals surface area contributed by atoms with Crippen molar-refractivity contribution in [3.63, 3.8) is 0 Å². The first-order chi connectivity index (χ1) is 8.56. The lowest BCUT2D eigenvalue weighted by molar-refractivity contribution is 0.204. The lowest BCUT2D eigenvalue weighted by Crippen LogP contribution is -2.40. The van der Waals surface area contributed by atoms with E-state index in [0.29, 0.717) is 5.13 Å². The van der Waals surface area contributed by atoms with Crippen LogP contribution in [0.15, 0.2) is 5.38 Å². The Labute approximate surface area is 112 Å². The third kappa shape index (κ3) is 4.62. The minimum Gasteiger partial charge on any atom is -0.396 e. The third-order valence-corrected chi connectivity index (χ3v) is 3.59. The van der Waals surface area contributed by atoms with Crippen LogP contribution in [-0.2, 0) is 6.42 Å². The lowest BCUT2D eigenvalue weighted by Gasteiger charge is -2.18. The van der Waals surface area contributed by atoms with Crippen LogP contribution in [0.1, 0.15) is 32.9 Å². The molecule has 2 amide bonds. The van der Waals surface area contributed by atoms with Gasteiger partial charge in [-0.05, 0) is 19.3 Å². The van der Waals surface area contributed by atoms with Crippen molar-refractivity contribution >= 4 is 22.5 Å². The fraction of sp³-hybridized carbons (Fsp3) is 0.667. The Morgan fingerprint density at radius 3 is 2.89 bits per heavy atom. The monoisotopic (exact) mass is 271 g/mol. The summed E-state index contributed by atoms with van der Waals surface area (Å²) in [5.41, 5.74) is 1.01. The summed E-state index contributed by atoms with van der Waals surface area (Å²) < 4.78 is 0. The van der Waals surface area contributed by atoms with Crippen LogP contribution >= 0.6 is 11.3 Å². The first-order valence-electron chi connectivity index (χ1n) is 6.19. The van der Waals surface area contributed by atoms with Gasteiger partial charge in [0.2, 0.25) is 0 Å². The van der Waals surface area contributed by atoms with Crippen molar-refractivity contribution in [2.24, 2.45) is 5.92 Å². The van der Waals surface area contributed by atoms with E-state index in [0.717, 1.165) is 18.5 Å². The second-order valence-corrected chi connectivity index (χ2v) is 5.30. The number of carbonyl (C=O) groups is 1. The maximum Gasteiger partial charge on any atom is 0.321 e. The molecule has 0 saturated carbocycles. The van der Waals surface area contributed by atoms with Crippen LogP contribution in [0.4, 0.5) is 9.93 Å². The molecule has 1 rings (SSSR count). The molecule has 0 fully saturated rings. The second-order valence-electron chi connectivity index (χ2n) is 4.44. The molecule has 0 bridgehead atoms. The predicted octanol–water partition coefficient (Wildman–Crippen LogP) is 2.23. The van der Waals surface area contributed by atoms with Crippen LogP contribution in [0.2, 0.25) is 0 Å². The molecule has 3 N–H and O–H groups in total. The molecule has 0 saturated heterocycles. The molecule has 2 atom stereocenters. The van der Waals surface area contributed by atoms with Gasteiger partial charge in [-0.25, -0.2) is 9.78 Å². The highest BCUT2D eigenvalue weighted by Crippen LogP contribution is 2.16. The van der Waals surface area contributed by atoms with Crippen molar-refractivity contribution in [2.45, 2.75) is 39.7 Å². The first-order valence-corrected chi connectivity index (χ1v) is 7.07. The smallest absolute Gasteiger partial charge is 0.321 e. The van der Waals surface area contributed by atoms with E-state index in [2.05, 4.69) is 22.5 Å². The van der Waals surface area contributed by atoms with Gasteiger partial charge in [-0.3, -0.25) is 5.32 Å². The van der Waals surface area contributed by atoms with Crippen molar-refractivity contribution in [3.05, 3.63) is 11.1 Å². The predicted molar refractivity (Wildman–Crippen MR) is 74.0 cm³/mol. The number of aromatic nitrogens is 1. The summed E-state index contributed by atoms with van der Waals surface area (Å²) in [5, 5.41) is 17.0. The average Bonchev–Trinajstić information content (AvgIpc) is 2.75. The van der Waals surface area contributed by atoms with Crippen LogP contribution in [0, 0.1) is 5.92 Å². The van der Waals surface area contributed by atoms with Crippen LogP contribution in [0.5, 0.6) is 0 Å². The van der Waals surface area contributed by atoms with Gasteiger partial charge in [0.15, 0.2) is 5.13 Å². The minimum atomic E-state index is -0.278. The number of urea groups is 1. The van der Waals surface area contributed by atoms with Crippen molar-refractivity contribution in [1.29, 1.82) is 0 Å². The number of anilines is 1. The van der Waals surface area contributed by atoms with Gasteiger partial charge < -0.3 is 10.4 Å². The molecule has 6 heteroatoms. The Bertz CT molecular complexity index is 381. The number of aliphatic hydroxyl groups is 1. The second kappa shape index (κ2) is 7.33. The number of aliphatic hydroxyl groups excluding tert-OH is 1. The van der Waals surface area contributed by atoms with E-state index in [1.54, 1.807) is 0 Å². The van der Waals surface area contributed by atoms with Gasteiger partial charge in [-0.2, -0.15) is 0 Å². The zero-order chi connectivity index (χ0) is 13.5. The Morgan fingerprint density at radius 2 is 2.28 bits per heavy atom. The molecule has 0 aliphatic heterocycles. The van der Waals surface area contributed by atoms with E-state index in [1.807, 2.05) is 19.2 Å².